The molecular formula is C40H44Br2. The van der Waals surface area contributed by atoms with Crippen LogP contribution in [0, 0.1) is 17.8 Å². The molecular weight excluding hydrogens is 640 g/mol. The SMILES string of the molecule is Cc1cc(-c2cc3c4c(c2)C(C)(C)C(C)(C)C4(C)C(C)(C)C3(C)C)ccc1C(c1ccc(Br)cc1)c1ccc(Br)cc1. The van der Waals surface area contributed by atoms with E-state index in [-0.39, 0.29) is 33.0 Å². The number of hydrogen-bond acceptors (Lipinski definition) is 0. The number of halogens is 2. The van der Waals surface area contributed by atoms with E-state index in [4.69, 9.17) is 0 Å². The Bertz CT molecular complexity index is 1600. The van der Waals surface area contributed by atoms with Crippen molar-refractivity contribution in [1.82, 2.24) is 0 Å². The molecule has 0 bridgehead atoms. The van der Waals surface area contributed by atoms with Gasteiger partial charge in [-0.3, -0.25) is 0 Å². The van der Waals surface area contributed by atoms with Gasteiger partial charge in [0, 0.05) is 20.3 Å². The van der Waals surface area contributed by atoms with Crippen LogP contribution < -0.4 is 0 Å². The average Bonchev–Trinajstić information content (AvgIpc) is 3.14. The number of hydrogen-bond donors (Lipinski definition) is 0. The van der Waals surface area contributed by atoms with E-state index in [2.05, 4.69) is 180 Å². The van der Waals surface area contributed by atoms with Crippen molar-refractivity contribution in [3.05, 3.63) is 127 Å². The fraction of sp³-hybridized carbons (Fsp3) is 0.400. The maximum Gasteiger partial charge on any atom is 0.0342 e. The van der Waals surface area contributed by atoms with Gasteiger partial charge in [0.25, 0.3) is 0 Å². The zero-order valence-electron chi connectivity index (χ0n) is 26.8. The van der Waals surface area contributed by atoms with Crippen LogP contribution >= 0.6 is 31.9 Å². The molecule has 0 amide bonds. The molecule has 2 aliphatic rings. The summed E-state index contributed by atoms with van der Waals surface area (Å²) in [4.78, 5) is 0. The van der Waals surface area contributed by atoms with Crippen molar-refractivity contribution in [2.75, 3.05) is 0 Å². The van der Waals surface area contributed by atoms with E-state index < -0.39 is 0 Å². The van der Waals surface area contributed by atoms with E-state index in [1.165, 1.54) is 33.4 Å². The molecule has 4 aromatic rings. The molecule has 2 heteroatoms. The van der Waals surface area contributed by atoms with Gasteiger partial charge in [0.05, 0.1) is 0 Å². The molecule has 0 saturated carbocycles. The molecule has 0 aliphatic heterocycles. The molecule has 0 nitrogen and oxygen atoms in total. The molecule has 0 atom stereocenters. The minimum Gasteiger partial charge on any atom is -0.0582 e. The summed E-state index contributed by atoms with van der Waals surface area (Å²) < 4.78 is 2.21. The van der Waals surface area contributed by atoms with Gasteiger partial charge in [-0.1, -0.05) is 149 Å². The quantitative estimate of drug-likeness (QED) is 0.188. The number of aryl methyl sites for hydroxylation is 1. The lowest BCUT2D eigenvalue weighted by atomic mass is 9.47. The van der Waals surface area contributed by atoms with Gasteiger partial charge in [-0.2, -0.15) is 0 Å². The number of rotatable bonds is 4. The average molecular weight is 685 g/mol. The summed E-state index contributed by atoms with van der Waals surface area (Å²) in [5.74, 6) is 0.165. The first-order valence-corrected chi connectivity index (χ1v) is 16.9. The Labute approximate surface area is 270 Å². The van der Waals surface area contributed by atoms with Crippen molar-refractivity contribution < 1.29 is 0 Å². The summed E-state index contributed by atoms with van der Waals surface area (Å²) >= 11 is 7.26. The lowest BCUT2D eigenvalue weighted by Crippen LogP contribution is -2.54. The van der Waals surface area contributed by atoms with Crippen LogP contribution in [0.5, 0.6) is 0 Å². The second-order valence-electron chi connectivity index (χ2n) is 15.2. The lowest BCUT2D eigenvalue weighted by Gasteiger charge is -2.56. The molecule has 218 valence electrons. The molecule has 42 heavy (non-hydrogen) atoms. The van der Waals surface area contributed by atoms with Gasteiger partial charge >= 0.3 is 0 Å². The van der Waals surface area contributed by atoms with E-state index >= 15 is 0 Å². The smallest absolute Gasteiger partial charge is 0.0342 e. The molecule has 0 spiro atoms. The topological polar surface area (TPSA) is 0 Å². The fourth-order valence-corrected chi connectivity index (χ4v) is 9.23. The van der Waals surface area contributed by atoms with Gasteiger partial charge in [0.15, 0.2) is 0 Å². The molecule has 0 heterocycles. The Morgan fingerprint density at radius 1 is 0.524 bits per heavy atom. The summed E-state index contributed by atoms with van der Waals surface area (Å²) in [5.41, 5.74) is 13.1. The first-order valence-electron chi connectivity index (χ1n) is 15.3. The Morgan fingerprint density at radius 3 is 1.36 bits per heavy atom. The summed E-state index contributed by atoms with van der Waals surface area (Å²) in [6.07, 6.45) is 0. The molecule has 0 fully saturated rings. The highest BCUT2D eigenvalue weighted by molar-refractivity contribution is 9.10. The van der Waals surface area contributed by atoms with Crippen molar-refractivity contribution in [1.29, 1.82) is 0 Å². The maximum atomic E-state index is 3.63. The van der Waals surface area contributed by atoms with Crippen LogP contribution in [-0.2, 0) is 16.2 Å². The van der Waals surface area contributed by atoms with Gasteiger partial charge in [0.1, 0.15) is 0 Å². The van der Waals surface area contributed by atoms with Crippen LogP contribution in [0.15, 0.2) is 87.8 Å². The van der Waals surface area contributed by atoms with Gasteiger partial charge in [-0.15, -0.1) is 0 Å². The lowest BCUT2D eigenvalue weighted by molar-refractivity contribution is -0.0105. The Kier molecular flexibility index (Phi) is 6.70. The normalized spacial score (nSPS) is 20.1. The fourth-order valence-electron chi connectivity index (χ4n) is 8.70. The van der Waals surface area contributed by atoms with Gasteiger partial charge in [-0.25, -0.2) is 0 Å². The summed E-state index contributed by atoms with van der Waals surface area (Å²) in [6, 6.07) is 29.8. The minimum absolute atomic E-state index is 0.0683. The molecule has 0 N–H and O–H groups in total. The largest absolute Gasteiger partial charge is 0.0582 e. The first-order chi connectivity index (χ1) is 19.5. The molecule has 4 aromatic carbocycles. The molecule has 2 aliphatic carbocycles. The third-order valence-corrected chi connectivity index (χ3v) is 14.0. The predicted molar refractivity (Wildman–Crippen MR) is 187 cm³/mol. The van der Waals surface area contributed by atoms with Crippen LogP contribution in [0.2, 0.25) is 0 Å². The predicted octanol–water partition coefficient (Wildman–Crippen LogP) is 12.3. The monoisotopic (exact) mass is 682 g/mol. The van der Waals surface area contributed by atoms with Gasteiger partial charge in [-0.05, 0) is 103 Å². The van der Waals surface area contributed by atoms with Gasteiger partial charge in [0.2, 0.25) is 0 Å². The van der Waals surface area contributed by atoms with Crippen molar-refractivity contribution >= 4 is 31.9 Å². The molecule has 0 aromatic heterocycles. The summed E-state index contributed by atoms with van der Waals surface area (Å²) in [5, 5.41) is 0. The van der Waals surface area contributed by atoms with Crippen LogP contribution in [0.25, 0.3) is 11.1 Å². The van der Waals surface area contributed by atoms with Crippen molar-refractivity contribution in [2.45, 2.75) is 91.4 Å². The molecule has 0 radical (unpaired) electrons. The van der Waals surface area contributed by atoms with Crippen LogP contribution in [0.3, 0.4) is 0 Å². The maximum absolute atomic E-state index is 3.63. The van der Waals surface area contributed by atoms with Crippen molar-refractivity contribution in [3.8, 4) is 11.1 Å². The zero-order valence-corrected chi connectivity index (χ0v) is 30.0. The van der Waals surface area contributed by atoms with E-state index in [0.717, 1.165) is 8.95 Å². The Balaban J connectivity index is 1.52. The first kappa shape index (κ1) is 29.9. The summed E-state index contributed by atoms with van der Waals surface area (Å²) in [7, 11) is 0. The second kappa shape index (κ2) is 9.42. The molecule has 0 saturated heterocycles. The molecule has 0 unspecified atom stereocenters. The second-order valence-corrected chi connectivity index (χ2v) is 17.0. The van der Waals surface area contributed by atoms with E-state index in [1.807, 2.05) is 0 Å². The third-order valence-electron chi connectivity index (χ3n) is 12.9. The van der Waals surface area contributed by atoms with Crippen LogP contribution in [0.1, 0.15) is 107 Å². The minimum atomic E-state index is 0.0683. The van der Waals surface area contributed by atoms with E-state index in [9.17, 15) is 0 Å². The van der Waals surface area contributed by atoms with Crippen molar-refractivity contribution in [2.24, 2.45) is 10.8 Å². The Morgan fingerprint density at radius 2 is 0.952 bits per heavy atom. The van der Waals surface area contributed by atoms with Crippen molar-refractivity contribution in [3.63, 3.8) is 0 Å². The standard InChI is InChI=1S/C40H44Br2/c1-24-21-27(15-20-31(24)34(25-11-16-29(41)17-12-25)26-13-18-30(42)19-14-26)28-22-32-35-33(23-28)37(4,5)39(8,9)40(35,10)38(6,7)36(32,2)3/h11-23,34H,1-10H3. The zero-order chi connectivity index (χ0) is 30.6. The summed E-state index contributed by atoms with van der Waals surface area (Å²) in [6.45, 7) is 24.8. The highest BCUT2D eigenvalue weighted by atomic mass is 79.9. The van der Waals surface area contributed by atoms with E-state index in [1.54, 1.807) is 16.7 Å². The number of benzene rings is 4. The Hall–Kier alpha value is -2.16. The van der Waals surface area contributed by atoms with E-state index in [0.29, 0.717) is 0 Å². The van der Waals surface area contributed by atoms with Gasteiger partial charge < -0.3 is 0 Å². The third kappa shape index (κ3) is 3.76. The van der Waals surface area contributed by atoms with Crippen LogP contribution in [-0.4, -0.2) is 0 Å². The highest BCUT2D eigenvalue weighted by Gasteiger charge is 2.72. The molecule has 6 rings (SSSR count). The highest BCUT2D eigenvalue weighted by Crippen LogP contribution is 2.76. The van der Waals surface area contributed by atoms with Crippen LogP contribution in [0.4, 0.5) is 0 Å².